The highest BCUT2D eigenvalue weighted by atomic mass is 16.4. The molecule has 0 aromatic rings. The Morgan fingerprint density at radius 2 is 1.44 bits per heavy atom. The van der Waals surface area contributed by atoms with Crippen molar-refractivity contribution in [1.82, 2.24) is 0 Å². The molecule has 0 unspecified atom stereocenters. The first-order valence-corrected chi connectivity index (χ1v) is 6.41. The van der Waals surface area contributed by atoms with Crippen molar-refractivity contribution >= 4 is 11.9 Å². The number of rotatable bonds is 11. The van der Waals surface area contributed by atoms with E-state index >= 15 is 0 Å². The summed E-state index contributed by atoms with van der Waals surface area (Å²) in [7, 11) is 0. The molecule has 102 valence electrons. The van der Waals surface area contributed by atoms with E-state index in [0.717, 1.165) is 51.0 Å². The van der Waals surface area contributed by atoms with Gasteiger partial charge < -0.3 is 10.2 Å². The number of carbonyl (C=O) groups is 2. The van der Waals surface area contributed by atoms with Gasteiger partial charge in [0.05, 0.1) is 0 Å². The summed E-state index contributed by atoms with van der Waals surface area (Å²) in [5.41, 5.74) is 0. The Bertz CT molecular complexity index is 292. The van der Waals surface area contributed by atoms with Gasteiger partial charge in [-0.05, 0) is 19.3 Å². The lowest BCUT2D eigenvalue weighted by atomic mass is 10.1. The molecule has 0 saturated carbocycles. The Balaban J connectivity index is 3.21. The minimum atomic E-state index is -0.930. The van der Waals surface area contributed by atoms with E-state index in [9.17, 15) is 9.59 Å². The Morgan fingerprint density at radius 3 is 2.06 bits per heavy atom. The maximum Gasteiger partial charge on any atom is 0.328 e. The average molecular weight is 254 g/mol. The van der Waals surface area contributed by atoms with Gasteiger partial charge in [0.15, 0.2) is 0 Å². The van der Waals surface area contributed by atoms with E-state index in [2.05, 4.69) is 0 Å². The molecule has 0 aliphatic heterocycles. The van der Waals surface area contributed by atoms with Crippen molar-refractivity contribution < 1.29 is 19.8 Å². The molecule has 4 heteroatoms. The molecule has 0 atom stereocenters. The highest BCUT2D eigenvalue weighted by Gasteiger charge is 1.95. The summed E-state index contributed by atoms with van der Waals surface area (Å²) in [6.45, 7) is 0. The summed E-state index contributed by atoms with van der Waals surface area (Å²) in [6.07, 6.45) is 13.8. The van der Waals surface area contributed by atoms with Crippen LogP contribution in [-0.4, -0.2) is 22.2 Å². The van der Waals surface area contributed by atoms with Gasteiger partial charge in [-0.3, -0.25) is 4.79 Å². The maximum absolute atomic E-state index is 10.3. The van der Waals surface area contributed by atoms with Crippen LogP contribution in [0.3, 0.4) is 0 Å². The van der Waals surface area contributed by atoms with Gasteiger partial charge in [0.25, 0.3) is 0 Å². The Morgan fingerprint density at radius 1 is 0.833 bits per heavy atom. The molecule has 0 spiro atoms. The third-order valence-electron chi connectivity index (χ3n) is 2.50. The first kappa shape index (κ1) is 16.4. The fraction of sp³-hybridized carbons (Fsp3) is 0.571. The monoisotopic (exact) mass is 254 g/mol. The van der Waals surface area contributed by atoms with Gasteiger partial charge >= 0.3 is 11.9 Å². The van der Waals surface area contributed by atoms with Crippen molar-refractivity contribution in [3.63, 3.8) is 0 Å². The van der Waals surface area contributed by atoms with Crippen LogP contribution in [0.25, 0.3) is 0 Å². The second-order valence-corrected chi connectivity index (χ2v) is 4.18. The SMILES string of the molecule is O=C(O)C=CC=CCCCCCCCCC(=O)O. The minimum Gasteiger partial charge on any atom is -0.481 e. The van der Waals surface area contributed by atoms with Gasteiger partial charge in [0.1, 0.15) is 0 Å². The Labute approximate surface area is 108 Å². The van der Waals surface area contributed by atoms with Crippen LogP contribution in [0.5, 0.6) is 0 Å². The normalized spacial score (nSPS) is 11.3. The predicted molar refractivity (Wildman–Crippen MR) is 70.5 cm³/mol. The van der Waals surface area contributed by atoms with E-state index in [1.165, 1.54) is 6.08 Å². The van der Waals surface area contributed by atoms with Gasteiger partial charge in [-0.1, -0.05) is 43.9 Å². The molecule has 0 aliphatic rings. The zero-order valence-corrected chi connectivity index (χ0v) is 10.7. The van der Waals surface area contributed by atoms with Crippen molar-refractivity contribution in [2.45, 2.75) is 51.4 Å². The number of hydrogen-bond acceptors (Lipinski definition) is 2. The molecule has 18 heavy (non-hydrogen) atoms. The van der Waals surface area contributed by atoms with Crippen LogP contribution >= 0.6 is 0 Å². The first-order chi connectivity index (χ1) is 8.63. The van der Waals surface area contributed by atoms with Gasteiger partial charge in [0, 0.05) is 12.5 Å². The Hall–Kier alpha value is -1.58. The molecule has 0 radical (unpaired) electrons. The van der Waals surface area contributed by atoms with Gasteiger partial charge in [-0.2, -0.15) is 0 Å². The van der Waals surface area contributed by atoms with Crippen LogP contribution in [0.1, 0.15) is 51.4 Å². The van der Waals surface area contributed by atoms with E-state index in [1.807, 2.05) is 6.08 Å². The summed E-state index contributed by atoms with van der Waals surface area (Å²) >= 11 is 0. The lowest BCUT2D eigenvalue weighted by molar-refractivity contribution is -0.137. The van der Waals surface area contributed by atoms with Crippen LogP contribution in [0.2, 0.25) is 0 Å². The Kier molecular flexibility index (Phi) is 10.8. The van der Waals surface area contributed by atoms with Gasteiger partial charge in [0.2, 0.25) is 0 Å². The number of hydrogen-bond donors (Lipinski definition) is 2. The zero-order valence-electron chi connectivity index (χ0n) is 10.7. The third-order valence-corrected chi connectivity index (χ3v) is 2.50. The summed E-state index contributed by atoms with van der Waals surface area (Å²) in [6, 6.07) is 0. The molecule has 0 saturated heterocycles. The molecular formula is C14H22O4. The number of carboxylic acids is 2. The topological polar surface area (TPSA) is 74.6 Å². The van der Waals surface area contributed by atoms with Crippen molar-refractivity contribution in [2.75, 3.05) is 0 Å². The lowest BCUT2D eigenvalue weighted by Crippen LogP contribution is -1.93. The summed E-state index contributed by atoms with van der Waals surface area (Å²) in [5.74, 6) is -1.64. The van der Waals surface area contributed by atoms with Crippen LogP contribution < -0.4 is 0 Å². The molecule has 0 amide bonds. The number of aliphatic carboxylic acids is 2. The highest BCUT2D eigenvalue weighted by Crippen LogP contribution is 2.08. The van der Waals surface area contributed by atoms with E-state index in [4.69, 9.17) is 10.2 Å². The van der Waals surface area contributed by atoms with E-state index in [1.54, 1.807) is 6.08 Å². The van der Waals surface area contributed by atoms with Crippen LogP contribution in [0.15, 0.2) is 24.3 Å². The first-order valence-electron chi connectivity index (χ1n) is 6.41. The second kappa shape index (κ2) is 11.9. The van der Waals surface area contributed by atoms with Crippen LogP contribution in [0, 0.1) is 0 Å². The van der Waals surface area contributed by atoms with Crippen molar-refractivity contribution in [1.29, 1.82) is 0 Å². The smallest absolute Gasteiger partial charge is 0.328 e. The fourth-order valence-corrected chi connectivity index (χ4v) is 1.56. The largest absolute Gasteiger partial charge is 0.481 e. The maximum atomic E-state index is 10.3. The van der Waals surface area contributed by atoms with Gasteiger partial charge in [-0.15, -0.1) is 0 Å². The summed E-state index contributed by atoms with van der Waals surface area (Å²) in [5, 5.41) is 16.8. The highest BCUT2D eigenvalue weighted by molar-refractivity contribution is 5.80. The van der Waals surface area contributed by atoms with Crippen molar-refractivity contribution in [3.05, 3.63) is 24.3 Å². The molecule has 0 aliphatic carbocycles. The molecule has 0 fully saturated rings. The van der Waals surface area contributed by atoms with Crippen LogP contribution in [-0.2, 0) is 9.59 Å². The molecule has 0 heterocycles. The summed E-state index contributed by atoms with van der Waals surface area (Å²) in [4.78, 5) is 20.4. The molecular weight excluding hydrogens is 232 g/mol. The van der Waals surface area contributed by atoms with Crippen LogP contribution in [0.4, 0.5) is 0 Å². The molecule has 0 aromatic heterocycles. The fourth-order valence-electron chi connectivity index (χ4n) is 1.56. The predicted octanol–water partition coefficient (Wildman–Crippen LogP) is 3.39. The van der Waals surface area contributed by atoms with Crippen molar-refractivity contribution in [3.8, 4) is 0 Å². The van der Waals surface area contributed by atoms with E-state index in [0.29, 0.717) is 0 Å². The van der Waals surface area contributed by atoms with Crippen molar-refractivity contribution in [2.24, 2.45) is 0 Å². The third kappa shape index (κ3) is 14.4. The number of carboxylic acid groups (broad SMARTS) is 2. The summed E-state index contributed by atoms with van der Waals surface area (Å²) < 4.78 is 0. The minimum absolute atomic E-state index is 0.276. The van der Waals surface area contributed by atoms with E-state index in [-0.39, 0.29) is 6.42 Å². The zero-order chi connectivity index (χ0) is 13.6. The molecule has 4 nitrogen and oxygen atoms in total. The quantitative estimate of drug-likeness (QED) is 0.337. The molecule has 0 bridgehead atoms. The number of allylic oxidation sites excluding steroid dienone is 3. The van der Waals surface area contributed by atoms with Gasteiger partial charge in [-0.25, -0.2) is 4.79 Å². The average Bonchev–Trinajstić information content (AvgIpc) is 2.29. The molecule has 0 aromatic carbocycles. The standard InChI is InChI=1S/C14H22O4/c15-13(16)11-9-7-5-3-1-2-4-6-8-10-12-14(17)18/h5,7,9,11H,1-4,6,8,10,12H2,(H,15,16)(H,17,18). The number of unbranched alkanes of at least 4 members (excludes halogenated alkanes) is 6. The molecule has 2 N–H and O–H groups in total. The van der Waals surface area contributed by atoms with E-state index < -0.39 is 11.9 Å². The second-order valence-electron chi connectivity index (χ2n) is 4.18. The lowest BCUT2D eigenvalue weighted by Gasteiger charge is -1.98. The molecule has 0 rings (SSSR count).